The predicted molar refractivity (Wildman–Crippen MR) is 77.5 cm³/mol. The first-order chi connectivity index (χ1) is 9.59. The van der Waals surface area contributed by atoms with Crippen molar-refractivity contribution in [2.24, 2.45) is 5.84 Å². The van der Waals surface area contributed by atoms with Crippen molar-refractivity contribution in [2.45, 2.75) is 18.2 Å². The van der Waals surface area contributed by atoms with Crippen molar-refractivity contribution in [1.29, 1.82) is 0 Å². The summed E-state index contributed by atoms with van der Waals surface area (Å²) in [6, 6.07) is 1.56. The highest BCUT2D eigenvalue weighted by Crippen LogP contribution is 2.23. The summed E-state index contributed by atoms with van der Waals surface area (Å²) in [4.78, 5) is 6.29. The van der Waals surface area contributed by atoms with E-state index in [0.717, 1.165) is 26.1 Å². The Morgan fingerprint density at radius 2 is 2.05 bits per heavy atom. The molecule has 2 rings (SSSR count). The summed E-state index contributed by atoms with van der Waals surface area (Å²) < 4.78 is 26.7. The maximum atomic E-state index is 12.6. The number of nitrogens with one attached hydrogen (secondary N) is 1. The van der Waals surface area contributed by atoms with Crippen LogP contribution >= 0.6 is 0 Å². The lowest BCUT2D eigenvalue weighted by Gasteiger charge is -2.33. The number of hydrazine groups is 1. The van der Waals surface area contributed by atoms with Crippen molar-refractivity contribution in [3.63, 3.8) is 0 Å². The van der Waals surface area contributed by atoms with Gasteiger partial charge in [0.1, 0.15) is 4.90 Å². The van der Waals surface area contributed by atoms with Gasteiger partial charge in [-0.3, -0.25) is 10.8 Å². The van der Waals surface area contributed by atoms with Crippen LogP contribution in [0.25, 0.3) is 0 Å². The number of nitrogens with zero attached hydrogens (tertiary/aromatic N) is 3. The van der Waals surface area contributed by atoms with Gasteiger partial charge in [0.05, 0.1) is 5.69 Å². The number of aromatic nitrogens is 1. The van der Waals surface area contributed by atoms with Crippen LogP contribution in [0.4, 0.5) is 5.69 Å². The minimum absolute atomic E-state index is 0.131. The van der Waals surface area contributed by atoms with E-state index in [1.807, 2.05) is 0 Å². The lowest BCUT2D eigenvalue weighted by atomic mass is 10.3. The first-order valence-electron chi connectivity index (χ1n) is 6.72. The molecule has 0 spiro atoms. The first kappa shape index (κ1) is 15.2. The Hall–Kier alpha value is -1.22. The predicted octanol–water partition coefficient (Wildman–Crippen LogP) is 0.0835. The van der Waals surface area contributed by atoms with Gasteiger partial charge in [0.2, 0.25) is 10.0 Å². The van der Waals surface area contributed by atoms with Crippen LogP contribution in [-0.2, 0) is 10.0 Å². The van der Waals surface area contributed by atoms with Crippen LogP contribution in [0, 0.1) is 0 Å². The number of pyridine rings is 1. The summed E-state index contributed by atoms with van der Waals surface area (Å²) in [5, 5.41) is 0. The van der Waals surface area contributed by atoms with E-state index in [0.29, 0.717) is 18.8 Å². The number of rotatable bonds is 5. The number of nitrogen functional groups attached to an aromatic ring is 1. The molecular formula is C12H21N5O2S. The van der Waals surface area contributed by atoms with Crippen molar-refractivity contribution in [3.8, 4) is 0 Å². The van der Waals surface area contributed by atoms with Crippen LogP contribution in [0.5, 0.6) is 0 Å². The first-order valence-corrected chi connectivity index (χ1v) is 8.16. The second-order valence-electron chi connectivity index (χ2n) is 4.76. The lowest BCUT2D eigenvalue weighted by molar-refractivity contribution is 0.188. The molecular weight excluding hydrogens is 278 g/mol. The Morgan fingerprint density at radius 1 is 1.35 bits per heavy atom. The fraction of sp³-hybridized carbons (Fsp3) is 0.583. The van der Waals surface area contributed by atoms with Gasteiger partial charge in [-0.05, 0) is 19.0 Å². The van der Waals surface area contributed by atoms with Gasteiger partial charge >= 0.3 is 0 Å². The molecule has 0 radical (unpaired) electrons. The van der Waals surface area contributed by atoms with Gasteiger partial charge in [-0.2, -0.15) is 4.31 Å². The number of piperazine rings is 1. The van der Waals surface area contributed by atoms with Gasteiger partial charge in [0.15, 0.2) is 0 Å². The van der Waals surface area contributed by atoms with Gasteiger partial charge in [0.25, 0.3) is 0 Å². The maximum Gasteiger partial charge on any atom is 0.246 e. The SMILES string of the molecule is CCCN1CCN(S(=O)(=O)c2cnccc2NN)CC1. The number of nitrogens with two attached hydrogens (primary N) is 1. The van der Waals surface area contributed by atoms with Crippen molar-refractivity contribution in [1.82, 2.24) is 14.2 Å². The van der Waals surface area contributed by atoms with Gasteiger partial charge in [-0.25, -0.2) is 8.42 Å². The van der Waals surface area contributed by atoms with E-state index >= 15 is 0 Å². The van der Waals surface area contributed by atoms with Crippen molar-refractivity contribution < 1.29 is 8.42 Å². The minimum Gasteiger partial charge on any atom is -0.323 e. The molecule has 1 aliphatic heterocycles. The molecule has 1 aromatic heterocycles. The molecule has 3 N–H and O–H groups in total. The molecule has 1 fully saturated rings. The van der Waals surface area contributed by atoms with E-state index in [1.165, 1.54) is 16.7 Å². The molecule has 0 atom stereocenters. The topological polar surface area (TPSA) is 91.6 Å². The second-order valence-corrected chi connectivity index (χ2v) is 6.67. The van der Waals surface area contributed by atoms with Crippen LogP contribution in [0.1, 0.15) is 13.3 Å². The Balaban J connectivity index is 2.16. The number of sulfonamides is 1. The molecule has 0 saturated carbocycles. The smallest absolute Gasteiger partial charge is 0.246 e. The average molecular weight is 299 g/mol. The third-order valence-electron chi connectivity index (χ3n) is 3.43. The molecule has 0 aliphatic carbocycles. The molecule has 0 bridgehead atoms. The van der Waals surface area contributed by atoms with Crippen LogP contribution in [-0.4, -0.2) is 55.3 Å². The van der Waals surface area contributed by atoms with Crippen molar-refractivity contribution in [2.75, 3.05) is 38.1 Å². The van der Waals surface area contributed by atoms with Gasteiger partial charge < -0.3 is 10.3 Å². The molecule has 20 heavy (non-hydrogen) atoms. The molecule has 1 aromatic rings. The fourth-order valence-electron chi connectivity index (χ4n) is 2.35. The van der Waals surface area contributed by atoms with Crippen LogP contribution in [0.15, 0.2) is 23.4 Å². The number of hydrogen-bond donors (Lipinski definition) is 2. The van der Waals surface area contributed by atoms with Crippen LogP contribution in [0.2, 0.25) is 0 Å². The van der Waals surface area contributed by atoms with Crippen molar-refractivity contribution >= 4 is 15.7 Å². The summed E-state index contributed by atoms with van der Waals surface area (Å²) in [5.74, 6) is 5.37. The molecule has 1 aliphatic rings. The van der Waals surface area contributed by atoms with E-state index in [-0.39, 0.29) is 4.90 Å². The Kier molecular flexibility index (Phi) is 4.92. The minimum atomic E-state index is -3.54. The zero-order valence-electron chi connectivity index (χ0n) is 11.6. The van der Waals surface area contributed by atoms with Gasteiger partial charge in [-0.1, -0.05) is 6.92 Å². The van der Waals surface area contributed by atoms with E-state index < -0.39 is 10.0 Å². The van der Waals surface area contributed by atoms with Gasteiger partial charge in [-0.15, -0.1) is 0 Å². The normalized spacial score (nSPS) is 18.1. The van der Waals surface area contributed by atoms with E-state index in [2.05, 4.69) is 22.2 Å². The summed E-state index contributed by atoms with van der Waals surface area (Å²) >= 11 is 0. The summed E-state index contributed by atoms with van der Waals surface area (Å²) in [7, 11) is -3.54. The molecule has 112 valence electrons. The summed E-state index contributed by atoms with van der Waals surface area (Å²) in [6.07, 6.45) is 3.92. The number of hydrogen-bond acceptors (Lipinski definition) is 6. The van der Waals surface area contributed by atoms with Crippen LogP contribution in [0.3, 0.4) is 0 Å². The second kappa shape index (κ2) is 6.49. The quantitative estimate of drug-likeness (QED) is 0.591. The van der Waals surface area contributed by atoms with E-state index in [4.69, 9.17) is 5.84 Å². The molecule has 0 aromatic carbocycles. The van der Waals surface area contributed by atoms with Gasteiger partial charge in [0, 0.05) is 38.6 Å². The molecule has 2 heterocycles. The van der Waals surface area contributed by atoms with Crippen molar-refractivity contribution in [3.05, 3.63) is 18.5 Å². The van der Waals surface area contributed by atoms with E-state index in [9.17, 15) is 8.42 Å². The zero-order chi connectivity index (χ0) is 14.6. The lowest BCUT2D eigenvalue weighted by Crippen LogP contribution is -2.48. The molecule has 0 unspecified atom stereocenters. The van der Waals surface area contributed by atoms with E-state index in [1.54, 1.807) is 6.07 Å². The highest BCUT2D eigenvalue weighted by Gasteiger charge is 2.30. The molecule has 8 heteroatoms. The van der Waals surface area contributed by atoms with Crippen LogP contribution < -0.4 is 11.3 Å². The number of anilines is 1. The third kappa shape index (κ3) is 3.09. The zero-order valence-corrected chi connectivity index (χ0v) is 12.4. The molecule has 7 nitrogen and oxygen atoms in total. The highest BCUT2D eigenvalue weighted by molar-refractivity contribution is 7.89. The standard InChI is InChI=1S/C12H21N5O2S/c1-2-5-16-6-8-17(9-7-16)20(18,19)12-10-14-4-3-11(12)15-13/h3-4,10H,2,5-9,13H2,1H3,(H,14,15). The largest absolute Gasteiger partial charge is 0.323 e. The fourth-order valence-corrected chi connectivity index (χ4v) is 3.87. The Labute approximate surface area is 119 Å². The molecule has 0 amide bonds. The maximum absolute atomic E-state index is 12.6. The third-order valence-corrected chi connectivity index (χ3v) is 5.36. The molecule has 1 saturated heterocycles. The summed E-state index contributed by atoms with van der Waals surface area (Å²) in [6.45, 7) is 5.66. The summed E-state index contributed by atoms with van der Waals surface area (Å²) in [5.41, 5.74) is 2.78. The Morgan fingerprint density at radius 3 is 2.65 bits per heavy atom. The monoisotopic (exact) mass is 299 g/mol. The average Bonchev–Trinajstić information content (AvgIpc) is 2.48. The highest BCUT2D eigenvalue weighted by atomic mass is 32.2. The Bertz CT molecular complexity index is 541.